The Labute approximate surface area is 94.4 Å². The van der Waals surface area contributed by atoms with Crippen LogP contribution < -0.4 is 0 Å². The van der Waals surface area contributed by atoms with E-state index in [0.717, 1.165) is 5.56 Å². The number of rotatable bonds is 2. The molecular formula is C13H15FO2. The van der Waals surface area contributed by atoms with Gasteiger partial charge in [0.25, 0.3) is 0 Å². The summed E-state index contributed by atoms with van der Waals surface area (Å²) in [5.41, 5.74) is 0.475. The summed E-state index contributed by atoms with van der Waals surface area (Å²) in [6.45, 7) is 5.62. The third kappa shape index (κ3) is 2.14. The molecule has 0 amide bonds. The molecule has 0 unspecified atom stereocenters. The average molecular weight is 222 g/mol. The zero-order chi connectivity index (χ0) is 11.9. The molecule has 0 aromatic heterocycles. The van der Waals surface area contributed by atoms with Crippen molar-refractivity contribution in [2.24, 2.45) is 5.41 Å². The molecule has 0 radical (unpaired) electrons. The molecule has 3 heteroatoms. The molecule has 1 fully saturated rings. The highest BCUT2D eigenvalue weighted by molar-refractivity contribution is 5.90. The molecular weight excluding hydrogens is 207 g/mol. The van der Waals surface area contributed by atoms with Gasteiger partial charge < -0.3 is 4.74 Å². The fourth-order valence-electron chi connectivity index (χ4n) is 1.64. The highest BCUT2D eigenvalue weighted by Gasteiger charge is 2.49. The molecule has 0 aliphatic carbocycles. The lowest BCUT2D eigenvalue weighted by Gasteiger charge is -2.14. The molecule has 2 rings (SSSR count). The van der Waals surface area contributed by atoms with Crippen LogP contribution in [0.4, 0.5) is 4.39 Å². The van der Waals surface area contributed by atoms with Gasteiger partial charge in [0.1, 0.15) is 18.0 Å². The molecule has 0 spiro atoms. The Morgan fingerprint density at radius 1 is 1.25 bits per heavy atom. The Hall–Kier alpha value is -1.22. The predicted molar refractivity (Wildman–Crippen MR) is 58.5 cm³/mol. The highest BCUT2D eigenvalue weighted by Crippen LogP contribution is 2.42. The number of ketones is 1. The molecule has 16 heavy (non-hydrogen) atoms. The van der Waals surface area contributed by atoms with Gasteiger partial charge in [0, 0.05) is 5.41 Å². The molecule has 0 saturated carbocycles. The van der Waals surface area contributed by atoms with Gasteiger partial charge in [0.2, 0.25) is 0 Å². The summed E-state index contributed by atoms with van der Waals surface area (Å²) >= 11 is 0. The lowest BCUT2D eigenvalue weighted by atomic mass is 9.87. The Morgan fingerprint density at radius 3 is 2.31 bits per heavy atom. The summed E-state index contributed by atoms with van der Waals surface area (Å²) in [6, 6.07) is 6.09. The molecule has 1 saturated heterocycles. The van der Waals surface area contributed by atoms with Crippen molar-refractivity contribution in [3.05, 3.63) is 35.6 Å². The van der Waals surface area contributed by atoms with Gasteiger partial charge in [-0.15, -0.1) is 0 Å². The maximum Gasteiger partial charge on any atom is 0.169 e. The van der Waals surface area contributed by atoms with Crippen molar-refractivity contribution in [2.45, 2.75) is 33.0 Å². The molecule has 1 aliphatic rings. The molecule has 1 aliphatic heterocycles. The van der Waals surface area contributed by atoms with Gasteiger partial charge in [0.15, 0.2) is 5.78 Å². The van der Waals surface area contributed by atoms with E-state index in [1.807, 2.05) is 20.8 Å². The first kappa shape index (κ1) is 11.3. The van der Waals surface area contributed by atoms with Crippen molar-refractivity contribution in [2.75, 3.05) is 0 Å². The predicted octanol–water partition coefficient (Wildman–Crippen LogP) is 2.88. The number of carbonyl (C=O) groups excluding carboxylic acids is 1. The van der Waals surface area contributed by atoms with Crippen molar-refractivity contribution < 1.29 is 13.9 Å². The SMILES string of the molecule is CC(C)(C)C(=O)[C@H]1O[C@@H]1c1ccc(F)cc1. The zero-order valence-electron chi connectivity index (χ0n) is 9.66. The first-order valence-corrected chi connectivity index (χ1v) is 5.35. The average Bonchev–Trinajstić information content (AvgIpc) is 2.96. The Bertz CT molecular complexity index is 403. The van der Waals surface area contributed by atoms with Gasteiger partial charge >= 0.3 is 0 Å². The van der Waals surface area contributed by atoms with E-state index < -0.39 is 0 Å². The summed E-state index contributed by atoms with van der Waals surface area (Å²) < 4.78 is 18.1. The molecule has 1 aromatic carbocycles. The largest absolute Gasteiger partial charge is 0.356 e. The van der Waals surface area contributed by atoms with E-state index in [1.54, 1.807) is 12.1 Å². The molecule has 1 heterocycles. The summed E-state index contributed by atoms with van der Waals surface area (Å²) in [5, 5.41) is 0. The van der Waals surface area contributed by atoms with Crippen LogP contribution in [0.15, 0.2) is 24.3 Å². The van der Waals surface area contributed by atoms with Gasteiger partial charge in [-0.1, -0.05) is 32.9 Å². The number of benzene rings is 1. The Kier molecular flexibility index (Phi) is 2.58. The van der Waals surface area contributed by atoms with Crippen LogP contribution in [-0.4, -0.2) is 11.9 Å². The fraction of sp³-hybridized carbons (Fsp3) is 0.462. The maximum atomic E-state index is 12.7. The van der Waals surface area contributed by atoms with Crippen LogP contribution in [0.25, 0.3) is 0 Å². The van der Waals surface area contributed by atoms with Gasteiger partial charge in [0.05, 0.1) is 0 Å². The normalized spacial score (nSPS) is 24.2. The van der Waals surface area contributed by atoms with E-state index in [2.05, 4.69) is 0 Å². The number of hydrogen-bond acceptors (Lipinski definition) is 2. The summed E-state index contributed by atoms with van der Waals surface area (Å²) in [6.07, 6.45) is -0.544. The smallest absolute Gasteiger partial charge is 0.169 e. The van der Waals surface area contributed by atoms with Crippen molar-refractivity contribution in [1.29, 1.82) is 0 Å². The van der Waals surface area contributed by atoms with Crippen molar-refractivity contribution >= 4 is 5.78 Å². The zero-order valence-corrected chi connectivity index (χ0v) is 9.66. The lowest BCUT2D eigenvalue weighted by molar-refractivity contribution is -0.127. The first-order chi connectivity index (χ1) is 7.39. The van der Waals surface area contributed by atoms with Crippen LogP contribution in [0.5, 0.6) is 0 Å². The molecule has 2 nitrogen and oxygen atoms in total. The number of Topliss-reactive ketones (excluding diaryl/α,β-unsaturated/α-hetero) is 1. The fourth-order valence-corrected chi connectivity index (χ4v) is 1.64. The van der Waals surface area contributed by atoms with Gasteiger partial charge in [-0.05, 0) is 17.7 Å². The minimum atomic E-state index is -0.389. The quantitative estimate of drug-likeness (QED) is 0.720. The first-order valence-electron chi connectivity index (χ1n) is 5.35. The number of hydrogen-bond donors (Lipinski definition) is 0. The monoisotopic (exact) mass is 222 g/mol. The third-order valence-electron chi connectivity index (χ3n) is 2.69. The molecule has 0 N–H and O–H groups in total. The second-order valence-electron chi connectivity index (χ2n) is 5.14. The second kappa shape index (κ2) is 3.67. The van der Waals surface area contributed by atoms with Crippen molar-refractivity contribution in [1.82, 2.24) is 0 Å². The van der Waals surface area contributed by atoms with Gasteiger partial charge in [-0.2, -0.15) is 0 Å². The van der Waals surface area contributed by atoms with E-state index in [1.165, 1.54) is 12.1 Å². The Morgan fingerprint density at radius 2 is 1.81 bits per heavy atom. The van der Waals surface area contributed by atoms with Crippen LogP contribution in [0, 0.1) is 11.2 Å². The minimum Gasteiger partial charge on any atom is -0.356 e. The van der Waals surface area contributed by atoms with Gasteiger partial charge in [-0.25, -0.2) is 4.39 Å². The van der Waals surface area contributed by atoms with Crippen molar-refractivity contribution in [3.63, 3.8) is 0 Å². The molecule has 0 bridgehead atoms. The standard InChI is InChI=1S/C13H15FO2/c1-13(2,3)12(15)11-10(16-11)8-4-6-9(14)7-5-8/h4-7,10-11H,1-3H3/t10-,11+/m1/s1. The van der Waals surface area contributed by atoms with Crippen LogP contribution in [0.1, 0.15) is 32.4 Å². The van der Waals surface area contributed by atoms with E-state index >= 15 is 0 Å². The third-order valence-corrected chi connectivity index (χ3v) is 2.69. The van der Waals surface area contributed by atoms with Crippen LogP contribution in [0.3, 0.4) is 0 Å². The minimum absolute atomic E-state index is 0.0989. The van der Waals surface area contributed by atoms with Crippen LogP contribution in [0.2, 0.25) is 0 Å². The second-order valence-corrected chi connectivity index (χ2v) is 5.14. The molecule has 2 atom stereocenters. The van der Waals surface area contributed by atoms with Crippen LogP contribution in [-0.2, 0) is 9.53 Å². The van der Waals surface area contributed by atoms with E-state index in [-0.39, 0.29) is 29.2 Å². The molecule has 86 valence electrons. The summed E-state index contributed by atoms with van der Waals surface area (Å²) in [7, 11) is 0. The maximum absolute atomic E-state index is 12.7. The number of ether oxygens (including phenoxy) is 1. The highest BCUT2D eigenvalue weighted by atomic mass is 19.1. The number of halogens is 1. The Balaban J connectivity index is 2.07. The van der Waals surface area contributed by atoms with E-state index in [0.29, 0.717) is 0 Å². The summed E-state index contributed by atoms with van der Waals surface area (Å²) in [5.74, 6) is -0.176. The summed E-state index contributed by atoms with van der Waals surface area (Å²) in [4.78, 5) is 11.9. The topological polar surface area (TPSA) is 29.6 Å². The van der Waals surface area contributed by atoms with E-state index in [4.69, 9.17) is 4.74 Å². The number of epoxide rings is 1. The van der Waals surface area contributed by atoms with Gasteiger partial charge in [-0.3, -0.25) is 4.79 Å². The van der Waals surface area contributed by atoms with Crippen molar-refractivity contribution in [3.8, 4) is 0 Å². The van der Waals surface area contributed by atoms with Crippen LogP contribution >= 0.6 is 0 Å². The number of carbonyl (C=O) groups is 1. The molecule has 1 aromatic rings. The lowest BCUT2D eigenvalue weighted by Crippen LogP contribution is -2.25. The van der Waals surface area contributed by atoms with E-state index in [9.17, 15) is 9.18 Å².